The van der Waals surface area contributed by atoms with E-state index in [2.05, 4.69) is 50.7 Å². The zero-order valence-electron chi connectivity index (χ0n) is 18.0. The first-order valence-electron chi connectivity index (χ1n) is 10.8. The molecular formula is C23H28N8. The maximum Gasteiger partial charge on any atom is 0.216 e. The van der Waals surface area contributed by atoms with Crippen molar-refractivity contribution >= 4 is 23.2 Å². The number of nitrogen functional groups attached to an aromatic ring is 1. The molecular weight excluding hydrogens is 388 g/mol. The average molecular weight is 417 g/mol. The summed E-state index contributed by atoms with van der Waals surface area (Å²) >= 11 is 0. The van der Waals surface area contributed by atoms with Gasteiger partial charge in [0.05, 0.1) is 5.69 Å². The molecule has 4 heterocycles. The summed E-state index contributed by atoms with van der Waals surface area (Å²) in [6, 6.07) is 12.6. The van der Waals surface area contributed by atoms with Gasteiger partial charge in [0.25, 0.3) is 0 Å². The lowest BCUT2D eigenvalue weighted by Gasteiger charge is -2.32. The van der Waals surface area contributed by atoms with Crippen LogP contribution in [-0.4, -0.2) is 42.6 Å². The van der Waals surface area contributed by atoms with Gasteiger partial charge in [0, 0.05) is 30.1 Å². The van der Waals surface area contributed by atoms with Gasteiger partial charge in [-0.15, -0.1) is 0 Å². The van der Waals surface area contributed by atoms with Crippen molar-refractivity contribution in [1.29, 1.82) is 0 Å². The molecule has 0 bridgehead atoms. The van der Waals surface area contributed by atoms with E-state index in [-0.39, 0.29) is 0 Å². The van der Waals surface area contributed by atoms with Crippen LogP contribution in [-0.2, 0) is 6.54 Å². The van der Waals surface area contributed by atoms with Gasteiger partial charge in [-0.05, 0) is 51.3 Å². The standard InChI is InChI=1S/C23H28N8/c1-15-12-19(29-28-15)26-23-27-21(24)20(22-25-16(2)13-31(22)23)18-8-10-30(11-9-18)14-17-6-4-3-5-7-17/h3-7,12-13,18H,8-11,14,24H2,1-2H3,(H2,26,27,28,29). The molecule has 0 saturated carbocycles. The summed E-state index contributed by atoms with van der Waals surface area (Å²) in [4.78, 5) is 12.0. The lowest BCUT2D eigenvalue weighted by Crippen LogP contribution is -2.33. The molecule has 0 aliphatic carbocycles. The Morgan fingerprint density at radius 2 is 1.90 bits per heavy atom. The number of aromatic amines is 1. The number of hydrogen-bond donors (Lipinski definition) is 3. The normalized spacial score (nSPS) is 15.5. The molecule has 0 atom stereocenters. The number of rotatable bonds is 5. The Balaban J connectivity index is 1.39. The molecule has 1 aliphatic heterocycles. The molecule has 8 nitrogen and oxygen atoms in total. The van der Waals surface area contributed by atoms with E-state index in [4.69, 9.17) is 15.7 Å². The van der Waals surface area contributed by atoms with Gasteiger partial charge in [-0.25, -0.2) is 4.98 Å². The fourth-order valence-electron chi connectivity index (χ4n) is 4.49. The van der Waals surface area contributed by atoms with Crippen LogP contribution in [0.4, 0.5) is 17.6 Å². The molecule has 0 radical (unpaired) electrons. The van der Waals surface area contributed by atoms with E-state index in [0.29, 0.717) is 23.5 Å². The first kappa shape index (κ1) is 19.6. The summed E-state index contributed by atoms with van der Waals surface area (Å²) in [6.07, 6.45) is 4.09. The van der Waals surface area contributed by atoms with Crippen LogP contribution in [0.2, 0.25) is 0 Å². The highest BCUT2D eigenvalue weighted by molar-refractivity contribution is 5.66. The SMILES string of the molecule is Cc1cn2c(Nc3cc(C)[nH]n3)nc(N)c(C3CCN(Cc4ccccc4)CC3)c2n1. The van der Waals surface area contributed by atoms with Crippen molar-refractivity contribution in [2.75, 3.05) is 24.1 Å². The minimum Gasteiger partial charge on any atom is -0.383 e. The number of fused-ring (bicyclic) bond motifs is 1. The average Bonchev–Trinajstić information content (AvgIpc) is 3.35. The van der Waals surface area contributed by atoms with E-state index < -0.39 is 0 Å². The smallest absolute Gasteiger partial charge is 0.216 e. The summed E-state index contributed by atoms with van der Waals surface area (Å²) in [7, 11) is 0. The van der Waals surface area contributed by atoms with Crippen LogP contribution in [0.3, 0.4) is 0 Å². The van der Waals surface area contributed by atoms with Crippen molar-refractivity contribution in [2.45, 2.75) is 39.2 Å². The molecule has 31 heavy (non-hydrogen) atoms. The predicted octanol–water partition coefficient (Wildman–Crippen LogP) is 3.77. The number of H-pyrrole nitrogens is 1. The van der Waals surface area contributed by atoms with Crippen molar-refractivity contribution < 1.29 is 0 Å². The molecule has 5 rings (SSSR count). The molecule has 0 unspecified atom stereocenters. The van der Waals surface area contributed by atoms with Crippen LogP contribution in [0.15, 0.2) is 42.6 Å². The molecule has 1 saturated heterocycles. The van der Waals surface area contributed by atoms with Crippen LogP contribution in [0.5, 0.6) is 0 Å². The number of anilines is 3. The number of piperidine rings is 1. The Labute approximate surface area is 181 Å². The topological polar surface area (TPSA) is 100 Å². The highest BCUT2D eigenvalue weighted by atomic mass is 15.3. The van der Waals surface area contributed by atoms with E-state index in [0.717, 1.165) is 55.1 Å². The first-order valence-corrected chi connectivity index (χ1v) is 10.8. The monoisotopic (exact) mass is 416 g/mol. The summed E-state index contributed by atoms with van der Waals surface area (Å²) < 4.78 is 2.00. The Hall–Kier alpha value is -3.39. The number of nitrogens with two attached hydrogens (primary N) is 1. The molecule has 8 heteroatoms. The van der Waals surface area contributed by atoms with Crippen molar-refractivity contribution in [2.24, 2.45) is 0 Å². The number of imidazole rings is 1. The van der Waals surface area contributed by atoms with Gasteiger partial charge in [0.2, 0.25) is 5.95 Å². The van der Waals surface area contributed by atoms with Gasteiger partial charge < -0.3 is 11.1 Å². The van der Waals surface area contributed by atoms with Crippen molar-refractivity contribution in [1.82, 2.24) is 29.5 Å². The number of nitrogens with zero attached hydrogens (tertiary/aromatic N) is 5. The first-order chi connectivity index (χ1) is 15.1. The van der Waals surface area contributed by atoms with Crippen LogP contribution < -0.4 is 11.1 Å². The molecule has 0 amide bonds. The van der Waals surface area contributed by atoms with Gasteiger partial charge in [0.1, 0.15) is 11.5 Å². The zero-order valence-corrected chi connectivity index (χ0v) is 18.0. The number of aromatic nitrogens is 5. The lowest BCUT2D eigenvalue weighted by atomic mass is 9.89. The minimum absolute atomic E-state index is 0.352. The molecule has 0 spiro atoms. The fraction of sp³-hybridized carbons (Fsp3) is 0.348. The summed E-state index contributed by atoms with van der Waals surface area (Å²) in [5.74, 6) is 2.24. The van der Waals surface area contributed by atoms with E-state index in [9.17, 15) is 0 Å². The predicted molar refractivity (Wildman–Crippen MR) is 122 cm³/mol. The number of likely N-dealkylation sites (tertiary alicyclic amines) is 1. The minimum atomic E-state index is 0.352. The third-order valence-corrected chi connectivity index (χ3v) is 5.99. The lowest BCUT2D eigenvalue weighted by molar-refractivity contribution is 0.205. The van der Waals surface area contributed by atoms with Crippen LogP contribution >= 0.6 is 0 Å². The van der Waals surface area contributed by atoms with E-state index >= 15 is 0 Å². The Bertz CT molecular complexity index is 1190. The van der Waals surface area contributed by atoms with E-state index in [1.807, 2.05) is 30.5 Å². The van der Waals surface area contributed by atoms with Gasteiger partial charge in [-0.3, -0.25) is 14.4 Å². The third-order valence-electron chi connectivity index (χ3n) is 5.99. The number of nitrogens with one attached hydrogen (secondary N) is 2. The second-order valence-electron chi connectivity index (χ2n) is 8.41. The summed E-state index contributed by atoms with van der Waals surface area (Å²) in [5, 5.41) is 10.5. The molecule has 160 valence electrons. The summed E-state index contributed by atoms with van der Waals surface area (Å²) in [5.41, 5.74) is 11.7. The van der Waals surface area contributed by atoms with Gasteiger partial charge in [0.15, 0.2) is 5.82 Å². The fourth-order valence-corrected chi connectivity index (χ4v) is 4.49. The Morgan fingerprint density at radius 3 is 2.61 bits per heavy atom. The largest absolute Gasteiger partial charge is 0.383 e. The van der Waals surface area contributed by atoms with Crippen molar-refractivity contribution in [3.63, 3.8) is 0 Å². The van der Waals surface area contributed by atoms with Crippen molar-refractivity contribution in [3.8, 4) is 0 Å². The molecule has 1 fully saturated rings. The maximum absolute atomic E-state index is 6.50. The molecule has 4 aromatic rings. The van der Waals surface area contributed by atoms with Crippen LogP contribution in [0.1, 0.15) is 41.3 Å². The molecule has 1 aromatic carbocycles. The number of hydrogen-bond acceptors (Lipinski definition) is 6. The van der Waals surface area contributed by atoms with Gasteiger partial charge >= 0.3 is 0 Å². The second-order valence-corrected chi connectivity index (χ2v) is 8.41. The Morgan fingerprint density at radius 1 is 1.13 bits per heavy atom. The summed E-state index contributed by atoms with van der Waals surface area (Å²) in [6.45, 7) is 7.03. The maximum atomic E-state index is 6.50. The van der Waals surface area contributed by atoms with Crippen molar-refractivity contribution in [3.05, 3.63) is 65.1 Å². The highest BCUT2D eigenvalue weighted by Crippen LogP contribution is 2.35. The van der Waals surface area contributed by atoms with Crippen LogP contribution in [0, 0.1) is 13.8 Å². The molecule has 4 N–H and O–H groups in total. The zero-order chi connectivity index (χ0) is 21.4. The second kappa shape index (κ2) is 8.03. The quantitative estimate of drug-likeness (QED) is 0.458. The number of aryl methyl sites for hydroxylation is 2. The van der Waals surface area contributed by atoms with E-state index in [1.165, 1.54) is 5.56 Å². The third kappa shape index (κ3) is 3.98. The number of benzene rings is 1. The Kier molecular flexibility index (Phi) is 5.07. The van der Waals surface area contributed by atoms with E-state index in [1.54, 1.807) is 0 Å². The van der Waals surface area contributed by atoms with Crippen LogP contribution in [0.25, 0.3) is 5.65 Å². The van der Waals surface area contributed by atoms with Gasteiger partial charge in [-0.1, -0.05) is 30.3 Å². The van der Waals surface area contributed by atoms with Gasteiger partial charge in [-0.2, -0.15) is 10.1 Å². The molecule has 1 aliphatic rings. The molecule has 3 aromatic heterocycles. The highest BCUT2D eigenvalue weighted by Gasteiger charge is 2.27.